The second-order valence-corrected chi connectivity index (χ2v) is 5.98. The highest BCUT2D eigenvalue weighted by Crippen LogP contribution is 2.40. The zero-order valence-electron chi connectivity index (χ0n) is 13.9. The molecule has 25 heavy (non-hydrogen) atoms. The van der Waals surface area contributed by atoms with Gasteiger partial charge < -0.3 is 5.11 Å². The van der Waals surface area contributed by atoms with Crippen molar-refractivity contribution in [3.63, 3.8) is 0 Å². The molecule has 0 fully saturated rings. The summed E-state index contributed by atoms with van der Waals surface area (Å²) in [6, 6.07) is 27.7. The SMILES string of the molecule is Cc1ccccc1-c1nn(-c2ccccc2)c(O)c1-c1ccccc1. The van der Waals surface area contributed by atoms with E-state index < -0.39 is 0 Å². The Labute approximate surface area is 146 Å². The third kappa shape index (κ3) is 2.70. The average Bonchev–Trinajstić information content (AvgIpc) is 3.00. The maximum atomic E-state index is 11.0. The number of aryl methyl sites for hydroxylation is 1. The molecule has 1 aromatic heterocycles. The minimum atomic E-state index is 0.149. The maximum absolute atomic E-state index is 11.0. The predicted molar refractivity (Wildman–Crippen MR) is 101 cm³/mol. The van der Waals surface area contributed by atoms with E-state index in [1.54, 1.807) is 4.68 Å². The molecule has 3 nitrogen and oxygen atoms in total. The summed E-state index contributed by atoms with van der Waals surface area (Å²) >= 11 is 0. The number of rotatable bonds is 3. The zero-order valence-corrected chi connectivity index (χ0v) is 13.9. The van der Waals surface area contributed by atoms with Crippen molar-refractivity contribution in [1.82, 2.24) is 9.78 Å². The molecule has 0 spiro atoms. The molecule has 0 unspecified atom stereocenters. The van der Waals surface area contributed by atoms with Crippen molar-refractivity contribution >= 4 is 0 Å². The molecule has 0 saturated heterocycles. The first-order valence-corrected chi connectivity index (χ1v) is 8.24. The Balaban J connectivity index is 2.01. The quantitative estimate of drug-likeness (QED) is 0.560. The Morgan fingerprint density at radius 2 is 1.36 bits per heavy atom. The van der Waals surface area contributed by atoms with Crippen molar-refractivity contribution in [1.29, 1.82) is 0 Å². The van der Waals surface area contributed by atoms with Gasteiger partial charge in [-0.15, -0.1) is 0 Å². The lowest BCUT2D eigenvalue weighted by atomic mass is 9.98. The number of aromatic nitrogens is 2. The lowest BCUT2D eigenvalue weighted by molar-refractivity contribution is 0.435. The summed E-state index contributed by atoms with van der Waals surface area (Å²) < 4.78 is 1.60. The van der Waals surface area contributed by atoms with Gasteiger partial charge in [-0.1, -0.05) is 72.8 Å². The van der Waals surface area contributed by atoms with Gasteiger partial charge in [0.2, 0.25) is 5.88 Å². The molecule has 0 aliphatic carbocycles. The van der Waals surface area contributed by atoms with E-state index in [1.807, 2.05) is 78.9 Å². The molecule has 0 amide bonds. The van der Waals surface area contributed by atoms with Gasteiger partial charge in [-0.2, -0.15) is 5.10 Å². The fraction of sp³-hybridized carbons (Fsp3) is 0.0455. The fourth-order valence-electron chi connectivity index (χ4n) is 3.06. The van der Waals surface area contributed by atoms with Crippen molar-refractivity contribution in [3.05, 3.63) is 90.5 Å². The van der Waals surface area contributed by atoms with Crippen LogP contribution in [-0.4, -0.2) is 14.9 Å². The van der Waals surface area contributed by atoms with E-state index in [9.17, 15) is 5.11 Å². The first-order valence-electron chi connectivity index (χ1n) is 8.24. The van der Waals surface area contributed by atoms with Crippen LogP contribution in [0.3, 0.4) is 0 Å². The van der Waals surface area contributed by atoms with Crippen molar-refractivity contribution < 1.29 is 5.11 Å². The molecular formula is C22H18N2O. The summed E-state index contributed by atoms with van der Waals surface area (Å²) in [7, 11) is 0. The highest BCUT2D eigenvalue weighted by atomic mass is 16.3. The smallest absolute Gasteiger partial charge is 0.222 e. The van der Waals surface area contributed by atoms with Crippen LogP contribution in [0.2, 0.25) is 0 Å². The van der Waals surface area contributed by atoms with E-state index in [1.165, 1.54) is 0 Å². The molecule has 122 valence electrons. The summed E-state index contributed by atoms with van der Waals surface area (Å²) in [5.74, 6) is 0.149. The molecule has 4 rings (SSSR count). The molecule has 0 aliphatic rings. The van der Waals surface area contributed by atoms with Crippen LogP contribution in [0.1, 0.15) is 5.56 Å². The molecule has 0 atom stereocenters. The van der Waals surface area contributed by atoms with Crippen LogP contribution < -0.4 is 0 Å². The largest absolute Gasteiger partial charge is 0.493 e. The van der Waals surface area contributed by atoms with Crippen LogP contribution in [0.4, 0.5) is 0 Å². The van der Waals surface area contributed by atoms with Gasteiger partial charge in [-0.05, 0) is 30.2 Å². The van der Waals surface area contributed by atoms with Gasteiger partial charge in [0.25, 0.3) is 0 Å². The van der Waals surface area contributed by atoms with Gasteiger partial charge in [-0.25, -0.2) is 4.68 Å². The van der Waals surface area contributed by atoms with Crippen LogP contribution in [0.15, 0.2) is 84.9 Å². The molecule has 0 bridgehead atoms. The summed E-state index contributed by atoms with van der Waals surface area (Å²) in [5.41, 5.74) is 5.45. The minimum Gasteiger partial charge on any atom is -0.493 e. The number of hydrogen-bond donors (Lipinski definition) is 1. The lowest BCUT2D eigenvalue weighted by Crippen LogP contribution is -1.95. The highest BCUT2D eigenvalue weighted by Gasteiger charge is 2.21. The van der Waals surface area contributed by atoms with Gasteiger partial charge >= 0.3 is 0 Å². The standard InChI is InChI=1S/C22H18N2O/c1-16-10-8-9-15-19(16)21-20(17-11-4-2-5-12-17)22(25)24(23-21)18-13-6-3-7-14-18/h2-15,25H,1H3. The van der Waals surface area contributed by atoms with E-state index in [-0.39, 0.29) is 5.88 Å². The van der Waals surface area contributed by atoms with E-state index in [0.29, 0.717) is 0 Å². The Morgan fingerprint density at radius 1 is 0.760 bits per heavy atom. The first-order chi connectivity index (χ1) is 12.3. The molecule has 1 heterocycles. The Bertz CT molecular complexity index is 1000. The molecule has 0 aliphatic heterocycles. The molecule has 4 aromatic rings. The number of aromatic hydroxyl groups is 1. The summed E-state index contributed by atoms with van der Waals surface area (Å²) in [6.45, 7) is 2.06. The van der Waals surface area contributed by atoms with Gasteiger partial charge in [0.05, 0.1) is 11.3 Å². The van der Waals surface area contributed by atoms with Gasteiger partial charge in [-0.3, -0.25) is 0 Å². The summed E-state index contributed by atoms with van der Waals surface area (Å²) in [5, 5.41) is 15.7. The van der Waals surface area contributed by atoms with E-state index in [2.05, 4.69) is 13.0 Å². The normalized spacial score (nSPS) is 10.8. The summed E-state index contributed by atoms with van der Waals surface area (Å²) in [4.78, 5) is 0. The van der Waals surface area contributed by atoms with Crippen LogP contribution in [0.5, 0.6) is 5.88 Å². The van der Waals surface area contributed by atoms with Crippen LogP contribution >= 0.6 is 0 Å². The predicted octanol–water partition coefficient (Wildman–Crippen LogP) is 5.22. The van der Waals surface area contributed by atoms with Crippen molar-refractivity contribution in [2.24, 2.45) is 0 Å². The van der Waals surface area contributed by atoms with Gasteiger partial charge in [0.15, 0.2) is 0 Å². The molecule has 0 radical (unpaired) electrons. The third-order valence-corrected chi connectivity index (χ3v) is 4.32. The minimum absolute atomic E-state index is 0.149. The van der Waals surface area contributed by atoms with Crippen LogP contribution in [-0.2, 0) is 0 Å². The monoisotopic (exact) mass is 326 g/mol. The average molecular weight is 326 g/mol. The van der Waals surface area contributed by atoms with Crippen molar-refractivity contribution in [2.75, 3.05) is 0 Å². The Hall–Kier alpha value is -3.33. The van der Waals surface area contributed by atoms with Gasteiger partial charge in [0.1, 0.15) is 5.69 Å². The first kappa shape index (κ1) is 15.2. The highest BCUT2D eigenvalue weighted by molar-refractivity contribution is 5.86. The lowest BCUT2D eigenvalue weighted by Gasteiger charge is -2.06. The zero-order chi connectivity index (χ0) is 17.2. The molecular weight excluding hydrogens is 308 g/mol. The number of benzene rings is 3. The topological polar surface area (TPSA) is 38.0 Å². The maximum Gasteiger partial charge on any atom is 0.222 e. The second kappa shape index (κ2) is 6.29. The molecule has 0 saturated carbocycles. The Kier molecular flexibility index (Phi) is 3.82. The number of nitrogens with zero attached hydrogens (tertiary/aromatic N) is 2. The van der Waals surface area contributed by atoms with Gasteiger partial charge in [0, 0.05) is 5.56 Å². The molecule has 3 heteroatoms. The Morgan fingerprint density at radius 3 is 2.04 bits per heavy atom. The van der Waals surface area contributed by atoms with Crippen LogP contribution in [0.25, 0.3) is 28.1 Å². The van der Waals surface area contributed by atoms with E-state index >= 15 is 0 Å². The van der Waals surface area contributed by atoms with Crippen molar-refractivity contribution in [3.8, 4) is 34.0 Å². The van der Waals surface area contributed by atoms with E-state index in [4.69, 9.17) is 5.10 Å². The number of hydrogen-bond acceptors (Lipinski definition) is 2. The fourth-order valence-corrected chi connectivity index (χ4v) is 3.06. The molecule has 1 N–H and O–H groups in total. The second-order valence-electron chi connectivity index (χ2n) is 5.98. The van der Waals surface area contributed by atoms with E-state index in [0.717, 1.165) is 33.6 Å². The third-order valence-electron chi connectivity index (χ3n) is 4.32. The van der Waals surface area contributed by atoms with Crippen LogP contribution in [0, 0.1) is 6.92 Å². The summed E-state index contributed by atoms with van der Waals surface area (Å²) in [6.07, 6.45) is 0. The van der Waals surface area contributed by atoms with Crippen molar-refractivity contribution in [2.45, 2.75) is 6.92 Å². The molecule has 3 aromatic carbocycles. The number of para-hydroxylation sites is 1.